The van der Waals surface area contributed by atoms with E-state index in [1.54, 1.807) is 7.11 Å². The van der Waals surface area contributed by atoms with Crippen LogP contribution in [0.5, 0.6) is 0 Å². The summed E-state index contributed by atoms with van der Waals surface area (Å²) < 4.78 is 4.88. The molecule has 0 aliphatic heterocycles. The molecule has 0 aromatic rings. The van der Waals surface area contributed by atoms with Crippen LogP contribution < -0.4 is 5.32 Å². The van der Waals surface area contributed by atoms with Crippen LogP contribution in [-0.2, 0) is 9.53 Å². The van der Waals surface area contributed by atoms with Gasteiger partial charge in [0.2, 0.25) is 5.91 Å². The Morgan fingerprint density at radius 3 is 2.71 bits per heavy atom. The number of carbonyl (C=O) groups excluding carboxylic acids is 1. The van der Waals surface area contributed by atoms with E-state index >= 15 is 0 Å². The van der Waals surface area contributed by atoms with Crippen molar-refractivity contribution in [2.45, 2.75) is 31.7 Å². The number of hydrogen-bond donors (Lipinski definition) is 2. The summed E-state index contributed by atoms with van der Waals surface area (Å²) >= 11 is 0. The SMILES string of the molecule is COCC(CO)NC(=O)C1CCCC1. The van der Waals surface area contributed by atoms with E-state index in [4.69, 9.17) is 9.84 Å². The number of amides is 1. The number of aliphatic hydroxyl groups excluding tert-OH is 1. The average molecular weight is 201 g/mol. The number of rotatable bonds is 5. The Bertz CT molecular complexity index is 178. The summed E-state index contributed by atoms with van der Waals surface area (Å²) in [6.07, 6.45) is 4.26. The molecule has 0 aromatic heterocycles. The van der Waals surface area contributed by atoms with Crippen LogP contribution in [0.4, 0.5) is 0 Å². The Hall–Kier alpha value is -0.610. The van der Waals surface area contributed by atoms with E-state index in [0.717, 1.165) is 25.7 Å². The summed E-state index contributed by atoms with van der Waals surface area (Å²) in [5.41, 5.74) is 0. The Balaban J connectivity index is 2.29. The number of carbonyl (C=O) groups is 1. The third-order valence-electron chi connectivity index (χ3n) is 2.66. The molecule has 2 N–H and O–H groups in total. The Morgan fingerprint density at radius 1 is 1.57 bits per heavy atom. The molecule has 1 unspecified atom stereocenters. The third-order valence-corrected chi connectivity index (χ3v) is 2.66. The fraction of sp³-hybridized carbons (Fsp3) is 0.900. The number of hydrogen-bond acceptors (Lipinski definition) is 3. The second-order valence-corrected chi connectivity index (χ2v) is 3.82. The molecule has 0 bridgehead atoms. The van der Waals surface area contributed by atoms with E-state index in [9.17, 15) is 4.79 Å². The van der Waals surface area contributed by atoms with Crippen LogP contribution >= 0.6 is 0 Å². The van der Waals surface area contributed by atoms with Crippen molar-refractivity contribution in [2.75, 3.05) is 20.3 Å². The van der Waals surface area contributed by atoms with Crippen molar-refractivity contribution < 1.29 is 14.6 Å². The molecule has 0 aromatic carbocycles. The van der Waals surface area contributed by atoms with Gasteiger partial charge >= 0.3 is 0 Å². The molecule has 0 radical (unpaired) electrons. The van der Waals surface area contributed by atoms with Gasteiger partial charge < -0.3 is 15.2 Å². The van der Waals surface area contributed by atoms with E-state index in [0.29, 0.717) is 6.61 Å². The number of aliphatic hydroxyl groups is 1. The summed E-state index contributed by atoms with van der Waals surface area (Å²) in [7, 11) is 1.56. The highest BCUT2D eigenvalue weighted by Gasteiger charge is 2.24. The molecule has 1 aliphatic carbocycles. The van der Waals surface area contributed by atoms with Gasteiger partial charge in [-0.05, 0) is 12.8 Å². The lowest BCUT2D eigenvalue weighted by atomic mass is 10.1. The van der Waals surface area contributed by atoms with Crippen molar-refractivity contribution >= 4 is 5.91 Å². The third kappa shape index (κ3) is 3.27. The standard InChI is InChI=1S/C10H19NO3/c1-14-7-9(6-12)11-10(13)8-4-2-3-5-8/h8-9,12H,2-7H2,1H3,(H,11,13). The van der Waals surface area contributed by atoms with E-state index in [2.05, 4.69) is 5.32 Å². The molecule has 1 aliphatic rings. The van der Waals surface area contributed by atoms with Crippen molar-refractivity contribution in [2.24, 2.45) is 5.92 Å². The topological polar surface area (TPSA) is 58.6 Å². The molecule has 82 valence electrons. The first kappa shape index (κ1) is 11.5. The minimum atomic E-state index is -0.256. The Labute approximate surface area is 84.6 Å². The second kappa shape index (κ2) is 5.98. The molecule has 1 atom stereocenters. The number of methoxy groups -OCH3 is 1. The molecule has 1 amide bonds. The van der Waals surface area contributed by atoms with Gasteiger partial charge in [0.25, 0.3) is 0 Å². The Kier molecular flexibility index (Phi) is 4.90. The lowest BCUT2D eigenvalue weighted by Gasteiger charge is -2.17. The minimum absolute atomic E-state index is 0.0632. The van der Waals surface area contributed by atoms with Crippen LogP contribution in [0.25, 0.3) is 0 Å². The quantitative estimate of drug-likeness (QED) is 0.672. The maximum Gasteiger partial charge on any atom is 0.223 e. The molecule has 0 saturated heterocycles. The van der Waals surface area contributed by atoms with Gasteiger partial charge in [0, 0.05) is 13.0 Å². The monoisotopic (exact) mass is 201 g/mol. The predicted octanol–water partition coefficient (Wildman–Crippen LogP) is 0.300. The highest BCUT2D eigenvalue weighted by molar-refractivity contribution is 5.79. The highest BCUT2D eigenvalue weighted by atomic mass is 16.5. The van der Waals surface area contributed by atoms with Gasteiger partial charge in [0.15, 0.2) is 0 Å². The zero-order chi connectivity index (χ0) is 10.4. The first-order chi connectivity index (χ1) is 6.77. The number of nitrogens with one attached hydrogen (secondary N) is 1. The van der Waals surface area contributed by atoms with Gasteiger partial charge in [-0.25, -0.2) is 0 Å². The van der Waals surface area contributed by atoms with Gasteiger partial charge in [-0.3, -0.25) is 4.79 Å². The molecule has 1 rings (SSSR count). The van der Waals surface area contributed by atoms with Crippen molar-refractivity contribution in [1.82, 2.24) is 5.32 Å². The van der Waals surface area contributed by atoms with Crippen molar-refractivity contribution in [3.8, 4) is 0 Å². The maximum atomic E-state index is 11.6. The summed E-state index contributed by atoms with van der Waals surface area (Å²) in [6, 6.07) is -0.256. The largest absolute Gasteiger partial charge is 0.394 e. The number of ether oxygens (including phenoxy) is 1. The zero-order valence-corrected chi connectivity index (χ0v) is 8.66. The average Bonchev–Trinajstić information content (AvgIpc) is 2.69. The lowest BCUT2D eigenvalue weighted by molar-refractivity contribution is -0.126. The summed E-state index contributed by atoms with van der Waals surface area (Å²) in [5.74, 6) is 0.222. The van der Waals surface area contributed by atoms with Crippen LogP contribution in [0.1, 0.15) is 25.7 Å². The molecule has 4 heteroatoms. The molecular formula is C10H19NO3. The van der Waals surface area contributed by atoms with Gasteiger partial charge in [0.05, 0.1) is 19.3 Å². The van der Waals surface area contributed by atoms with E-state index in [-0.39, 0.29) is 24.5 Å². The normalized spacial score (nSPS) is 19.6. The second-order valence-electron chi connectivity index (χ2n) is 3.82. The van der Waals surface area contributed by atoms with E-state index in [1.165, 1.54) is 0 Å². The fourth-order valence-electron chi connectivity index (χ4n) is 1.85. The van der Waals surface area contributed by atoms with Gasteiger partial charge in [0.1, 0.15) is 0 Å². The first-order valence-electron chi connectivity index (χ1n) is 5.18. The minimum Gasteiger partial charge on any atom is -0.394 e. The Morgan fingerprint density at radius 2 is 2.21 bits per heavy atom. The predicted molar refractivity (Wildman–Crippen MR) is 52.9 cm³/mol. The van der Waals surface area contributed by atoms with Crippen LogP contribution in [-0.4, -0.2) is 37.4 Å². The molecule has 14 heavy (non-hydrogen) atoms. The zero-order valence-electron chi connectivity index (χ0n) is 8.66. The molecule has 4 nitrogen and oxygen atoms in total. The van der Waals surface area contributed by atoms with Crippen molar-refractivity contribution in [1.29, 1.82) is 0 Å². The highest BCUT2D eigenvalue weighted by Crippen LogP contribution is 2.24. The van der Waals surface area contributed by atoms with Crippen molar-refractivity contribution in [3.05, 3.63) is 0 Å². The van der Waals surface area contributed by atoms with Gasteiger partial charge in [-0.2, -0.15) is 0 Å². The molecule has 0 spiro atoms. The molecule has 1 fully saturated rings. The van der Waals surface area contributed by atoms with Crippen LogP contribution in [0, 0.1) is 5.92 Å². The fourth-order valence-corrected chi connectivity index (χ4v) is 1.85. The summed E-state index contributed by atoms with van der Waals surface area (Å²) in [5, 5.41) is 11.7. The molecular weight excluding hydrogens is 182 g/mol. The lowest BCUT2D eigenvalue weighted by Crippen LogP contribution is -2.43. The van der Waals surface area contributed by atoms with Gasteiger partial charge in [-0.1, -0.05) is 12.8 Å². The molecule has 1 saturated carbocycles. The maximum absolute atomic E-state index is 11.6. The summed E-state index contributed by atoms with van der Waals surface area (Å²) in [4.78, 5) is 11.6. The van der Waals surface area contributed by atoms with Crippen LogP contribution in [0.3, 0.4) is 0 Å². The smallest absolute Gasteiger partial charge is 0.223 e. The van der Waals surface area contributed by atoms with Crippen molar-refractivity contribution in [3.63, 3.8) is 0 Å². The first-order valence-corrected chi connectivity index (χ1v) is 5.18. The van der Waals surface area contributed by atoms with E-state index in [1.807, 2.05) is 0 Å². The van der Waals surface area contributed by atoms with Gasteiger partial charge in [-0.15, -0.1) is 0 Å². The van der Waals surface area contributed by atoms with Crippen LogP contribution in [0.15, 0.2) is 0 Å². The molecule has 0 heterocycles. The summed E-state index contributed by atoms with van der Waals surface area (Å²) in [6.45, 7) is 0.307. The van der Waals surface area contributed by atoms with Crippen LogP contribution in [0.2, 0.25) is 0 Å². The van der Waals surface area contributed by atoms with E-state index < -0.39 is 0 Å².